The van der Waals surface area contributed by atoms with Crippen LogP contribution in [0.15, 0.2) is 0 Å². The highest BCUT2D eigenvalue weighted by Crippen LogP contribution is 2.29. The lowest BCUT2D eigenvalue weighted by molar-refractivity contribution is 0.164. The molecule has 0 aromatic heterocycles. The number of fused-ring (bicyclic) bond motifs is 2. The fraction of sp³-hybridized carbons (Fsp3) is 1.00. The van der Waals surface area contributed by atoms with Crippen LogP contribution in [-0.2, 0) is 0 Å². The van der Waals surface area contributed by atoms with E-state index < -0.39 is 0 Å². The van der Waals surface area contributed by atoms with E-state index >= 15 is 0 Å². The largest absolute Gasteiger partial charge is 0.311 e. The first-order chi connectivity index (χ1) is 8.81. The molecule has 3 nitrogen and oxygen atoms in total. The van der Waals surface area contributed by atoms with E-state index in [0.717, 1.165) is 18.1 Å². The summed E-state index contributed by atoms with van der Waals surface area (Å²) in [5.41, 5.74) is 0. The molecule has 3 heterocycles. The number of likely N-dealkylation sites (tertiary alicyclic amines) is 1. The molecule has 0 aromatic carbocycles. The van der Waals surface area contributed by atoms with Crippen molar-refractivity contribution in [3.05, 3.63) is 0 Å². The molecule has 3 fully saturated rings. The zero-order chi connectivity index (χ0) is 12.4. The molecule has 2 atom stereocenters. The van der Waals surface area contributed by atoms with Crippen molar-refractivity contribution in [2.75, 3.05) is 33.2 Å². The predicted molar refractivity (Wildman–Crippen MR) is 75.9 cm³/mol. The molecule has 0 saturated carbocycles. The van der Waals surface area contributed by atoms with E-state index in [4.69, 9.17) is 0 Å². The van der Waals surface area contributed by atoms with Gasteiger partial charge in [-0.05, 0) is 78.2 Å². The minimum Gasteiger partial charge on any atom is -0.311 e. The quantitative estimate of drug-likeness (QED) is 0.802. The van der Waals surface area contributed by atoms with Crippen molar-refractivity contribution in [1.82, 2.24) is 15.1 Å². The van der Waals surface area contributed by atoms with E-state index in [1.165, 1.54) is 71.1 Å². The average molecular weight is 251 g/mol. The lowest BCUT2D eigenvalue weighted by Crippen LogP contribution is -2.47. The predicted octanol–water partition coefficient (Wildman–Crippen LogP) is 1.69. The lowest BCUT2D eigenvalue weighted by atomic mass is 9.98. The number of nitrogens with zero attached hydrogens (tertiary/aromatic N) is 2. The number of rotatable bonds is 5. The van der Waals surface area contributed by atoms with Crippen LogP contribution < -0.4 is 5.32 Å². The minimum absolute atomic E-state index is 0.829. The maximum atomic E-state index is 3.74. The molecule has 3 aliphatic rings. The Hall–Kier alpha value is -0.120. The number of nitrogens with one attached hydrogen (secondary N) is 1. The summed E-state index contributed by atoms with van der Waals surface area (Å²) in [4.78, 5) is 5.28. The number of hydrogen-bond donors (Lipinski definition) is 1. The molecule has 0 spiro atoms. The Labute approximate surface area is 112 Å². The van der Waals surface area contributed by atoms with Crippen LogP contribution in [0.1, 0.15) is 44.9 Å². The maximum Gasteiger partial charge on any atom is 0.0122 e. The Balaban J connectivity index is 1.37. The Morgan fingerprint density at radius 1 is 1.11 bits per heavy atom. The number of piperidine rings is 1. The second kappa shape index (κ2) is 5.89. The maximum absolute atomic E-state index is 3.74. The first-order valence-electron chi connectivity index (χ1n) is 8.00. The first-order valence-corrected chi connectivity index (χ1v) is 8.00. The fourth-order valence-corrected chi connectivity index (χ4v) is 4.12. The van der Waals surface area contributed by atoms with E-state index in [9.17, 15) is 0 Å². The normalized spacial score (nSPS) is 36.7. The summed E-state index contributed by atoms with van der Waals surface area (Å²) < 4.78 is 0. The SMILES string of the molecule is CN(CCCN1CCCC1)C1CC2CCC(C1)N2. The molecule has 18 heavy (non-hydrogen) atoms. The Morgan fingerprint density at radius 3 is 2.44 bits per heavy atom. The summed E-state index contributed by atoms with van der Waals surface area (Å²) in [7, 11) is 2.35. The third kappa shape index (κ3) is 3.06. The molecule has 2 bridgehead atoms. The van der Waals surface area contributed by atoms with Crippen LogP contribution in [0.25, 0.3) is 0 Å². The summed E-state index contributed by atoms with van der Waals surface area (Å²) >= 11 is 0. The van der Waals surface area contributed by atoms with E-state index in [1.807, 2.05) is 0 Å². The number of hydrogen-bond acceptors (Lipinski definition) is 3. The standard InChI is InChI=1S/C15H29N3/c1-17(7-4-10-18-8-2-3-9-18)15-11-13-5-6-14(12-15)16-13/h13-16H,2-12H2,1H3. The average Bonchev–Trinajstić information content (AvgIpc) is 2.99. The Morgan fingerprint density at radius 2 is 1.78 bits per heavy atom. The van der Waals surface area contributed by atoms with Gasteiger partial charge in [0.25, 0.3) is 0 Å². The van der Waals surface area contributed by atoms with Crippen molar-refractivity contribution in [3.63, 3.8) is 0 Å². The van der Waals surface area contributed by atoms with Crippen LogP contribution in [0.5, 0.6) is 0 Å². The second-order valence-corrected chi connectivity index (χ2v) is 6.65. The van der Waals surface area contributed by atoms with Crippen molar-refractivity contribution >= 4 is 0 Å². The zero-order valence-corrected chi connectivity index (χ0v) is 11.9. The Kier molecular flexibility index (Phi) is 4.22. The molecule has 0 radical (unpaired) electrons. The summed E-state index contributed by atoms with van der Waals surface area (Å²) in [6.07, 6.45) is 9.82. The van der Waals surface area contributed by atoms with Gasteiger partial charge in [0, 0.05) is 18.1 Å². The summed E-state index contributed by atoms with van der Waals surface area (Å²) in [5.74, 6) is 0. The van der Waals surface area contributed by atoms with E-state index in [2.05, 4.69) is 22.2 Å². The van der Waals surface area contributed by atoms with Crippen molar-refractivity contribution in [2.45, 2.75) is 63.1 Å². The van der Waals surface area contributed by atoms with Crippen LogP contribution in [0.3, 0.4) is 0 Å². The molecule has 2 unspecified atom stereocenters. The highest BCUT2D eigenvalue weighted by molar-refractivity contribution is 4.95. The van der Waals surface area contributed by atoms with Crippen molar-refractivity contribution < 1.29 is 0 Å². The summed E-state index contributed by atoms with van der Waals surface area (Å²) in [6.45, 7) is 5.31. The van der Waals surface area contributed by atoms with Crippen LogP contribution in [0.2, 0.25) is 0 Å². The van der Waals surface area contributed by atoms with Gasteiger partial charge in [0.05, 0.1) is 0 Å². The molecular formula is C15H29N3. The molecule has 0 aliphatic carbocycles. The van der Waals surface area contributed by atoms with Crippen LogP contribution >= 0.6 is 0 Å². The van der Waals surface area contributed by atoms with Crippen LogP contribution in [0, 0.1) is 0 Å². The van der Waals surface area contributed by atoms with E-state index in [0.29, 0.717) is 0 Å². The highest BCUT2D eigenvalue weighted by atomic mass is 15.2. The lowest BCUT2D eigenvalue weighted by Gasteiger charge is -2.35. The third-order valence-corrected chi connectivity index (χ3v) is 5.26. The highest BCUT2D eigenvalue weighted by Gasteiger charge is 2.34. The smallest absolute Gasteiger partial charge is 0.0122 e. The first kappa shape index (κ1) is 12.9. The third-order valence-electron chi connectivity index (χ3n) is 5.26. The van der Waals surface area contributed by atoms with Gasteiger partial charge in [0.15, 0.2) is 0 Å². The van der Waals surface area contributed by atoms with Gasteiger partial charge in [-0.25, -0.2) is 0 Å². The molecule has 3 saturated heterocycles. The Bertz CT molecular complexity index is 250. The van der Waals surface area contributed by atoms with Gasteiger partial charge in [-0.2, -0.15) is 0 Å². The summed E-state index contributed by atoms with van der Waals surface area (Å²) in [5, 5.41) is 3.74. The van der Waals surface area contributed by atoms with E-state index in [-0.39, 0.29) is 0 Å². The zero-order valence-electron chi connectivity index (χ0n) is 11.9. The van der Waals surface area contributed by atoms with Gasteiger partial charge >= 0.3 is 0 Å². The van der Waals surface area contributed by atoms with Crippen molar-refractivity contribution in [3.8, 4) is 0 Å². The van der Waals surface area contributed by atoms with Gasteiger partial charge in [0.1, 0.15) is 0 Å². The van der Waals surface area contributed by atoms with Gasteiger partial charge in [-0.15, -0.1) is 0 Å². The van der Waals surface area contributed by atoms with Crippen molar-refractivity contribution in [1.29, 1.82) is 0 Å². The topological polar surface area (TPSA) is 18.5 Å². The van der Waals surface area contributed by atoms with Gasteiger partial charge in [0.2, 0.25) is 0 Å². The van der Waals surface area contributed by atoms with E-state index in [1.54, 1.807) is 0 Å². The molecule has 1 N–H and O–H groups in total. The van der Waals surface area contributed by atoms with Crippen LogP contribution in [-0.4, -0.2) is 61.2 Å². The monoisotopic (exact) mass is 251 g/mol. The molecule has 0 amide bonds. The molecule has 3 heteroatoms. The van der Waals surface area contributed by atoms with Gasteiger partial charge in [-0.3, -0.25) is 0 Å². The molecule has 0 aromatic rings. The molecule has 3 aliphatic heterocycles. The van der Waals surface area contributed by atoms with Gasteiger partial charge < -0.3 is 15.1 Å². The van der Waals surface area contributed by atoms with Gasteiger partial charge in [-0.1, -0.05) is 0 Å². The molecule has 104 valence electrons. The van der Waals surface area contributed by atoms with Crippen LogP contribution in [0.4, 0.5) is 0 Å². The fourth-order valence-electron chi connectivity index (χ4n) is 4.12. The molecule has 3 rings (SSSR count). The summed E-state index contributed by atoms with van der Waals surface area (Å²) in [6, 6.07) is 2.51. The van der Waals surface area contributed by atoms with Crippen molar-refractivity contribution in [2.24, 2.45) is 0 Å². The second-order valence-electron chi connectivity index (χ2n) is 6.65. The minimum atomic E-state index is 0.829. The molecular weight excluding hydrogens is 222 g/mol.